The highest BCUT2D eigenvalue weighted by atomic mass is 32.2. The molecule has 1 atom stereocenters. The Morgan fingerprint density at radius 2 is 2.00 bits per heavy atom. The molecule has 0 saturated carbocycles. The third-order valence-electron chi connectivity index (χ3n) is 4.14. The topological polar surface area (TPSA) is 103 Å². The van der Waals surface area contributed by atoms with Crippen LogP contribution in [0, 0.1) is 11.8 Å². The second-order valence-corrected chi connectivity index (χ2v) is 8.83. The first-order chi connectivity index (χ1) is 12.8. The van der Waals surface area contributed by atoms with Crippen molar-refractivity contribution in [3.8, 4) is 0 Å². The van der Waals surface area contributed by atoms with Gasteiger partial charge in [0.1, 0.15) is 0 Å². The van der Waals surface area contributed by atoms with Crippen molar-refractivity contribution in [2.75, 3.05) is 26.7 Å². The van der Waals surface area contributed by atoms with Crippen molar-refractivity contribution < 1.29 is 13.5 Å². The van der Waals surface area contributed by atoms with E-state index in [1.165, 1.54) is 7.05 Å². The van der Waals surface area contributed by atoms with Crippen molar-refractivity contribution in [2.45, 2.75) is 45.1 Å². The van der Waals surface area contributed by atoms with Crippen LogP contribution >= 0.6 is 0 Å². The third kappa shape index (κ3) is 8.73. The summed E-state index contributed by atoms with van der Waals surface area (Å²) in [6.07, 6.45) is 1.80. The fourth-order valence-corrected chi connectivity index (χ4v) is 3.63. The summed E-state index contributed by atoms with van der Waals surface area (Å²) < 4.78 is 26.2. The largest absolute Gasteiger partial charge is 0.396 e. The molecular formula is C19H34N4O3S. The minimum Gasteiger partial charge on any atom is -0.396 e. The van der Waals surface area contributed by atoms with Gasteiger partial charge in [-0.1, -0.05) is 26.0 Å². The first-order valence-corrected chi connectivity index (χ1v) is 11.0. The molecule has 154 valence electrons. The highest BCUT2D eigenvalue weighted by Gasteiger charge is 2.13. The quantitative estimate of drug-likeness (QED) is 0.336. The van der Waals surface area contributed by atoms with Crippen molar-refractivity contribution in [1.82, 2.24) is 15.4 Å². The Morgan fingerprint density at radius 3 is 2.59 bits per heavy atom. The second-order valence-electron chi connectivity index (χ2n) is 6.94. The van der Waals surface area contributed by atoms with Gasteiger partial charge in [0.15, 0.2) is 5.96 Å². The smallest absolute Gasteiger partial charge is 0.240 e. The van der Waals surface area contributed by atoms with Gasteiger partial charge in [0.25, 0.3) is 0 Å². The minimum absolute atomic E-state index is 0.180. The fourth-order valence-electron chi connectivity index (χ4n) is 2.83. The number of aliphatic imine (C=N–C) groups is 1. The molecule has 1 aromatic rings. The lowest BCUT2D eigenvalue weighted by Gasteiger charge is -2.20. The number of aliphatic hydroxyl groups excluding tert-OH is 1. The summed E-state index contributed by atoms with van der Waals surface area (Å²) in [6, 6.07) is 6.77. The Labute approximate surface area is 163 Å². The molecule has 0 amide bonds. The summed E-state index contributed by atoms with van der Waals surface area (Å²) in [5, 5.41) is 15.8. The van der Waals surface area contributed by atoms with Gasteiger partial charge in [-0.15, -0.1) is 0 Å². The summed E-state index contributed by atoms with van der Waals surface area (Å²) in [4.78, 5) is 4.79. The standard InChI is InChI=1S/C19H34N4O3S/c1-5-21-19(23-14-17(9-10-24)11-15(2)3)22-13-16-7-6-8-18(12-16)27(25,26)20-4/h6-8,12,15,17,20,24H,5,9-11,13-14H2,1-4H3,(H2,21,22,23). The monoisotopic (exact) mass is 398 g/mol. The average molecular weight is 399 g/mol. The Hall–Kier alpha value is -1.64. The first-order valence-electron chi connectivity index (χ1n) is 9.47. The maximum atomic E-state index is 11.9. The Bertz CT molecular complexity index is 690. The molecule has 0 heterocycles. The molecule has 8 heteroatoms. The van der Waals surface area contributed by atoms with E-state index in [1.54, 1.807) is 18.2 Å². The van der Waals surface area contributed by atoms with E-state index in [-0.39, 0.29) is 11.5 Å². The van der Waals surface area contributed by atoms with Crippen LogP contribution in [-0.4, -0.2) is 46.2 Å². The van der Waals surface area contributed by atoms with E-state index in [9.17, 15) is 13.5 Å². The molecule has 1 aromatic carbocycles. The molecule has 0 radical (unpaired) electrons. The Kier molecular flexibility index (Phi) is 10.4. The van der Waals surface area contributed by atoms with Crippen LogP contribution in [0.2, 0.25) is 0 Å². The summed E-state index contributed by atoms with van der Waals surface area (Å²) >= 11 is 0. The summed E-state index contributed by atoms with van der Waals surface area (Å²) in [6.45, 7) is 8.37. The lowest BCUT2D eigenvalue weighted by Crippen LogP contribution is -2.40. The molecule has 27 heavy (non-hydrogen) atoms. The summed E-state index contributed by atoms with van der Waals surface area (Å²) in [5.41, 5.74) is 0.817. The highest BCUT2D eigenvalue weighted by Crippen LogP contribution is 2.14. The summed E-state index contributed by atoms with van der Waals surface area (Å²) in [7, 11) is -2.07. The molecular weight excluding hydrogens is 364 g/mol. The number of guanidine groups is 1. The molecule has 0 aliphatic carbocycles. The predicted octanol–water partition coefficient (Wildman–Crippen LogP) is 1.69. The zero-order valence-electron chi connectivity index (χ0n) is 16.8. The van der Waals surface area contributed by atoms with Crippen LogP contribution in [0.25, 0.3) is 0 Å². The van der Waals surface area contributed by atoms with Gasteiger partial charge in [-0.3, -0.25) is 0 Å². The predicted molar refractivity (Wildman–Crippen MR) is 110 cm³/mol. The lowest BCUT2D eigenvalue weighted by atomic mass is 9.94. The van der Waals surface area contributed by atoms with Crippen molar-refractivity contribution in [3.05, 3.63) is 29.8 Å². The van der Waals surface area contributed by atoms with Gasteiger partial charge in [0, 0.05) is 19.7 Å². The van der Waals surface area contributed by atoms with E-state index in [4.69, 9.17) is 0 Å². The van der Waals surface area contributed by atoms with Crippen LogP contribution in [0.4, 0.5) is 0 Å². The number of sulfonamides is 1. The van der Waals surface area contributed by atoms with E-state index >= 15 is 0 Å². The van der Waals surface area contributed by atoms with Crippen molar-refractivity contribution >= 4 is 16.0 Å². The van der Waals surface area contributed by atoms with E-state index in [0.29, 0.717) is 24.3 Å². The molecule has 1 unspecified atom stereocenters. The maximum absolute atomic E-state index is 11.9. The van der Waals surface area contributed by atoms with Crippen LogP contribution in [-0.2, 0) is 16.6 Å². The molecule has 0 aliphatic rings. The maximum Gasteiger partial charge on any atom is 0.240 e. The van der Waals surface area contributed by atoms with Crippen LogP contribution in [0.1, 0.15) is 39.2 Å². The van der Waals surface area contributed by atoms with E-state index in [1.807, 2.05) is 13.0 Å². The molecule has 4 N–H and O–H groups in total. The highest BCUT2D eigenvalue weighted by molar-refractivity contribution is 7.89. The van der Waals surface area contributed by atoms with Gasteiger partial charge >= 0.3 is 0 Å². The van der Waals surface area contributed by atoms with E-state index in [0.717, 1.165) is 31.5 Å². The normalized spacial score (nSPS) is 13.6. The third-order valence-corrected chi connectivity index (χ3v) is 5.55. The van der Waals surface area contributed by atoms with Gasteiger partial charge < -0.3 is 15.7 Å². The first kappa shape index (κ1) is 23.4. The number of nitrogens with zero attached hydrogens (tertiary/aromatic N) is 1. The molecule has 0 aliphatic heterocycles. The Balaban J connectivity index is 2.80. The number of aliphatic hydroxyl groups is 1. The number of rotatable bonds is 11. The van der Waals surface area contributed by atoms with Crippen LogP contribution in [0.15, 0.2) is 34.2 Å². The number of nitrogens with one attached hydrogen (secondary N) is 3. The second kappa shape index (κ2) is 11.9. The van der Waals surface area contributed by atoms with Gasteiger partial charge in [-0.25, -0.2) is 18.1 Å². The number of benzene rings is 1. The molecule has 0 fully saturated rings. The Morgan fingerprint density at radius 1 is 1.26 bits per heavy atom. The zero-order valence-corrected chi connectivity index (χ0v) is 17.6. The van der Waals surface area contributed by atoms with Gasteiger partial charge in [-0.2, -0.15) is 0 Å². The van der Waals surface area contributed by atoms with Gasteiger partial charge in [0.05, 0.1) is 11.4 Å². The van der Waals surface area contributed by atoms with Crippen molar-refractivity contribution in [3.63, 3.8) is 0 Å². The van der Waals surface area contributed by atoms with E-state index < -0.39 is 10.0 Å². The summed E-state index contributed by atoms with van der Waals surface area (Å²) in [5.74, 6) is 1.63. The van der Waals surface area contributed by atoms with Gasteiger partial charge in [-0.05, 0) is 56.3 Å². The van der Waals surface area contributed by atoms with Crippen molar-refractivity contribution in [1.29, 1.82) is 0 Å². The van der Waals surface area contributed by atoms with E-state index in [2.05, 4.69) is 34.2 Å². The van der Waals surface area contributed by atoms with Crippen LogP contribution < -0.4 is 15.4 Å². The molecule has 7 nitrogen and oxygen atoms in total. The zero-order chi connectivity index (χ0) is 20.3. The van der Waals surface area contributed by atoms with Crippen molar-refractivity contribution in [2.24, 2.45) is 16.8 Å². The fraction of sp³-hybridized carbons (Fsp3) is 0.632. The number of hydrogen-bond acceptors (Lipinski definition) is 4. The molecule has 1 rings (SSSR count). The van der Waals surface area contributed by atoms with Crippen LogP contribution in [0.3, 0.4) is 0 Å². The van der Waals surface area contributed by atoms with Gasteiger partial charge in [0.2, 0.25) is 10.0 Å². The average Bonchev–Trinajstić information content (AvgIpc) is 2.63. The molecule has 0 spiro atoms. The molecule has 0 saturated heterocycles. The SMILES string of the molecule is CCNC(=NCc1cccc(S(=O)(=O)NC)c1)NCC(CCO)CC(C)C. The molecule has 0 bridgehead atoms. The lowest BCUT2D eigenvalue weighted by molar-refractivity contribution is 0.243. The number of hydrogen-bond donors (Lipinski definition) is 4. The molecule has 0 aromatic heterocycles. The van der Waals surface area contributed by atoms with Crippen LogP contribution in [0.5, 0.6) is 0 Å². The minimum atomic E-state index is -3.46.